The third kappa shape index (κ3) is 4.08. The Kier molecular flexibility index (Phi) is 5.86. The van der Waals surface area contributed by atoms with E-state index < -0.39 is 10.0 Å². The Balaban J connectivity index is 1.57. The SMILES string of the molecule is CS(=O)(=O)N1CCN(C(=O)c2cnc3ccccc3c2-c2ccc(C3(C#N)CC3)c(I)c2)CC1. The number of pyridine rings is 1. The van der Waals surface area contributed by atoms with E-state index in [9.17, 15) is 18.5 Å². The average molecular weight is 586 g/mol. The van der Waals surface area contributed by atoms with Crippen LogP contribution in [0.3, 0.4) is 0 Å². The van der Waals surface area contributed by atoms with Gasteiger partial charge >= 0.3 is 0 Å². The minimum atomic E-state index is -3.28. The molecule has 34 heavy (non-hydrogen) atoms. The van der Waals surface area contributed by atoms with Gasteiger partial charge in [0, 0.05) is 46.9 Å². The van der Waals surface area contributed by atoms with Gasteiger partial charge in [0.15, 0.2) is 0 Å². The van der Waals surface area contributed by atoms with Gasteiger partial charge in [-0.25, -0.2) is 8.42 Å². The van der Waals surface area contributed by atoms with Crippen LogP contribution in [0.25, 0.3) is 22.0 Å². The van der Waals surface area contributed by atoms with Gasteiger partial charge in [-0.3, -0.25) is 9.78 Å². The van der Waals surface area contributed by atoms with Gasteiger partial charge in [0.25, 0.3) is 5.91 Å². The lowest BCUT2D eigenvalue weighted by molar-refractivity contribution is 0.0699. The maximum atomic E-state index is 13.6. The molecular formula is C25H23IN4O3S. The quantitative estimate of drug-likeness (QED) is 0.434. The number of hydrogen-bond donors (Lipinski definition) is 0. The molecule has 174 valence electrons. The van der Waals surface area contributed by atoms with Crippen molar-refractivity contribution in [3.63, 3.8) is 0 Å². The highest BCUT2D eigenvalue weighted by molar-refractivity contribution is 14.1. The largest absolute Gasteiger partial charge is 0.336 e. The van der Waals surface area contributed by atoms with Crippen molar-refractivity contribution in [2.75, 3.05) is 32.4 Å². The molecule has 2 aliphatic rings. The number of nitrogens with zero attached hydrogens (tertiary/aromatic N) is 4. The summed E-state index contributed by atoms with van der Waals surface area (Å²) in [4.78, 5) is 19.9. The van der Waals surface area contributed by atoms with Gasteiger partial charge in [-0.1, -0.05) is 30.3 Å². The number of fused-ring (bicyclic) bond motifs is 1. The molecule has 3 aromatic rings. The number of sulfonamides is 1. The van der Waals surface area contributed by atoms with Crippen LogP contribution in [0.15, 0.2) is 48.7 Å². The number of rotatable bonds is 4. The van der Waals surface area contributed by atoms with E-state index in [0.717, 1.165) is 44.0 Å². The molecule has 0 unspecified atom stereocenters. The molecule has 5 rings (SSSR count). The Labute approximate surface area is 212 Å². The lowest BCUT2D eigenvalue weighted by Crippen LogP contribution is -2.50. The number of para-hydroxylation sites is 1. The van der Waals surface area contributed by atoms with Crippen LogP contribution in [0, 0.1) is 14.9 Å². The molecule has 0 N–H and O–H groups in total. The minimum Gasteiger partial charge on any atom is -0.336 e. The topological polar surface area (TPSA) is 94.4 Å². The first kappa shape index (κ1) is 23.2. The van der Waals surface area contributed by atoms with E-state index in [0.29, 0.717) is 18.7 Å². The highest BCUT2D eigenvalue weighted by atomic mass is 127. The lowest BCUT2D eigenvalue weighted by atomic mass is 9.91. The van der Waals surface area contributed by atoms with Crippen molar-refractivity contribution in [1.29, 1.82) is 5.26 Å². The van der Waals surface area contributed by atoms with E-state index in [4.69, 9.17) is 0 Å². The van der Waals surface area contributed by atoms with E-state index in [1.165, 1.54) is 10.6 Å². The van der Waals surface area contributed by atoms with Crippen molar-refractivity contribution < 1.29 is 13.2 Å². The number of aromatic nitrogens is 1. The number of hydrogen-bond acceptors (Lipinski definition) is 5. The van der Waals surface area contributed by atoms with Crippen LogP contribution in [-0.4, -0.2) is 60.9 Å². The van der Waals surface area contributed by atoms with Gasteiger partial charge in [0.1, 0.15) is 0 Å². The number of benzene rings is 2. The summed E-state index contributed by atoms with van der Waals surface area (Å²) in [5.74, 6) is -0.156. The fourth-order valence-corrected chi connectivity index (χ4v) is 6.49. The fraction of sp³-hybridized carbons (Fsp3) is 0.320. The maximum absolute atomic E-state index is 13.6. The predicted molar refractivity (Wildman–Crippen MR) is 139 cm³/mol. The van der Waals surface area contributed by atoms with Crippen molar-refractivity contribution in [1.82, 2.24) is 14.2 Å². The maximum Gasteiger partial charge on any atom is 0.256 e. The van der Waals surface area contributed by atoms with E-state index in [1.54, 1.807) is 11.1 Å². The van der Waals surface area contributed by atoms with Crippen molar-refractivity contribution in [3.05, 3.63) is 63.4 Å². The molecule has 1 aliphatic heterocycles. The van der Waals surface area contributed by atoms with Gasteiger partial charge in [-0.2, -0.15) is 9.57 Å². The molecule has 1 aromatic heterocycles. The van der Waals surface area contributed by atoms with E-state index >= 15 is 0 Å². The number of nitriles is 1. The first-order chi connectivity index (χ1) is 16.2. The summed E-state index contributed by atoms with van der Waals surface area (Å²) in [6.07, 6.45) is 4.57. The number of piperazine rings is 1. The average Bonchev–Trinajstić information content (AvgIpc) is 3.63. The summed E-state index contributed by atoms with van der Waals surface area (Å²) < 4.78 is 26.1. The zero-order valence-electron chi connectivity index (χ0n) is 18.7. The first-order valence-corrected chi connectivity index (χ1v) is 14.0. The summed E-state index contributed by atoms with van der Waals surface area (Å²) in [6.45, 7) is 1.23. The molecule has 1 aliphatic carbocycles. The number of halogens is 1. The zero-order chi connectivity index (χ0) is 24.1. The molecule has 1 saturated heterocycles. The predicted octanol–water partition coefficient (Wildman–Crippen LogP) is 3.78. The van der Waals surface area contributed by atoms with Gasteiger partial charge in [0.05, 0.1) is 28.8 Å². The van der Waals surface area contributed by atoms with Crippen molar-refractivity contribution in [2.45, 2.75) is 18.3 Å². The van der Waals surface area contributed by atoms with Crippen LogP contribution < -0.4 is 0 Å². The number of amides is 1. The Bertz CT molecular complexity index is 1450. The van der Waals surface area contributed by atoms with E-state index in [2.05, 4.69) is 33.6 Å². The highest BCUT2D eigenvalue weighted by Gasteiger charge is 2.46. The van der Waals surface area contributed by atoms with Crippen molar-refractivity contribution in [3.8, 4) is 17.2 Å². The third-order valence-corrected chi connectivity index (χ3v) is 8.93. The molecule has 2 aromatic carbocycles. The van der Waals surface area contributed by atoms with Crippen LogP contribution in [0.1, 0.15) is 28.8 Å². The van der Waals surface area contributed by atoms with Crippen LogP contribution in [0.5, 0.6) is 0 Å². The van der Waals surface area contributed by atoms with Crippen LogP contribution in [0.4, 0.5) is 0 Å². The summed E-state index contributed by atoms with van der Waals surface area (Å²) in [5, 5.41) is 10.5. The molecule has 7 nitrogen and oxygen atoms in total. The Hall–Kier alpha value is -2.55. The summed E-state index contributed by atoms with van der Waals surface area (Å²) >= 11 is 2.28. The van der Waals surface area contributed by atoms with Crippen LogP contribution in [0.2, 0.25) is 0 Å². The Morgan fingerprint density at radius 3 is 2.44 bits per heavy atom. The Morgan fingerprint density at radius 1 is 1.12 bits per heavy atom. The molecule has 0 radical (unpaired) electrons. The van der Waals surface area contributed by atoms with E-state index in [-0.39, 0.29) is 24.4 Å². The standard InChI is InChI=1S/C25H23IN4O3S/c1-34(32,33)30-12-10-29(11-13-30)24(31)19-15-28-22-5-3-2-4-18(22)23(19)17-6-7-20(21(26)14-17)25(16-27)8-9-25/h2-7,14-15H,8-13H2,1H3. The van der Waals surface area contributed by atoms with Gasteiger partial charge in [0.2, 0.25) is 10.0 Å². The summed E-state index contributed by atoms with van der Waals surface area (Å²) in [6, 6.07) is 16.3. The number of carbonyl (C=O) groups excluding carboxylic acids is 1. The third-order valence-electron chi connectivity index (χ3n) is 6.74. The second-order valence-corrected chi connectivity index (χ2v) is 12.1. The van der Waals surface area contributed by atoms with Gasteiger partial charge in [-0.05, 0) is 58.7 Å². The molecule has 1 saturated carbocycles. The normalized spacial score (nSPS) is 18.0. The monoisotopic (exact) mass is 586 g/mol. The van der Waals surface area contributed by atoms with Crippen LogP contribution >= 0.6 is 22.6 Å². The van der Waals surface area contributed by atoms with Crippen molar-refractivity contribution >= 4 is 49.4 Å². The second-order valence-electron chi connectivity index (χ2n) is 8.91. The van der Waals surface area contributed by atoms with Gasteiger partial charge < -0.3 is 4.90 Å². The molecule has 9 heteroatoms. The highest BCUT2D eigenvalue weighted by Crippen LogP contribution is 2.49. The van der Waals surface area contributed by atoms with Crippen molar-refractivity contribution in [2.24, 2.45) is 0 Å². The number of carbonyl (C=O) groups is 1. The minimum absolute atomic E-state index is 0.156. The molecule has 0 atom stereocenters. The van der Waals surface area contributed by atoms with Crippen LogP contribution in [-0.2, 0) is 15.4 Å². The first-order valence-electron chi connectivity index (χ1n) is 11.1. The molecule has 0 bridgehead atoms. The molecule has 1 amide bonds. The molecular weight excluding hydrogens is 563 g/mol. The molecule has 2 heterocycles. The smallest absolute Gasteiger partial charge is 0.256 e. The molecule has 2 fully saturated rings. The summed E-state index contributed by atoms with van der Waals surface area (Å²) in [5.41, 5.74) is 3.67. The fourth-order valence-electron chi connectivity index (χ4n) is 4.63. The molecule has 0 spiro atoms. The van der Waals surface area contributed by atoms with Gasteiger partial charge in [-0.15, -0.1) is 0 Å². The zero-order valence-corrected chi connectivity index (χ0v) is 21.6. The lowest BCUT2D eigenvalue weighted by Gasteiger charge is -2.33. The summed E-state index contributed by atoms with van der Waals surface area (Å²) in [7, 11) is -3.28. The second kappa shape index (κ2) is 8.59. The van der Waals surface area contributed by atoms with E-state index in [1.807, 2.05) is 42.5 Å². The Morgan fingerprint density at radius 2 is 1.82 bits per heavy atom.